The van der Waals surface area contributed by atoms with E-state index in [1.165, 1.54) is 12.1 Å². The number of nitrogens with two attached hydrogens (primary N) is 1. The molecule has 0 saturated carbocycles. The first kappa shape index (κ1) is 15.9. The molecule has 1 unspecified atom stereocenters. The lowest BCUT2D eigenvalue weighted by Crippen LogP contribution is -2.10. The van der Waals surface area contributed by atoms with Crippen LogP contribution in [0, 0.1) is 0 Å². The number of halogens is 4. The highest BCUT2D eigenvalue weighted by molar-refractivity contribution is 6.30. The molecule has 1 nitrogen and oxygen atoms in total. The molecule has 0 aliphatic rings. The molecule has 1 atom stereocenters. The molecule has 2 aromatic carbocycles. The van der Waals surface area contributed by atoms with Crippen molar-refractivity contribution < 1.29 is 13.2 Å². The first-order valence-electron chi connectivity index (χ1n) is 6.54. The van der Waals surface area contributed by atoms with Crippen LogP contribution in [-0.2, 0) is 6.18 Å². The quantitative estimate of drug-likeness (QED) is 0.858. The van der Waals surface area contributed by atoms with Gasteiger partial charge in [0.2, 0.25) is 0 Å². The van der Waals surface area contributed by atoms with Gasteiger partial charge in [0.1, 0.15) is 0 Å². The Hall–Kier alpha value is -1.52. The minimum absolute atomic E-state index is 0.0328. The van der Waals surface area contributed by atoms with Gasteiger partial charge in [-0.25, -0.2) is 0 Å². The van der Waals surface area contributed by atoms with Gasteiger partial charge in [0, 0.05) is 10.9 Å². The van der Waals surface area contributed by atoms with E-state index in [9.17, 15) is 13.2 Å². The van der Waals surface area contributed by atoms with E-state index in [4.69, 9.17) is 17.3 Å². The van der Waals surface area contributed by atoms with Gasteiger partial charge >= 0.3 is 6.18 Å². The summed E-state index contributed by atoms with van der Waals surface area (Å²) in [6.45, 7) is 0.453. The molecule has 0 heterocycles. The van der Waals surface area contributed by atoms with Crippen molar-refractivity contribution in [3.63, 3.8) is 0 Å². The lowest BCUT2D eigenvalue weighted by atomic mass is 9.88. The second-order valence-electron chi connectivity index (χ2n) is 4.80. The van der Waals surface area contributed by atoms with E-state index in [-0.39, 0.29) is 5.92 Å². The molecular weight excluding hydrogens is 299 g/mol. The predicted octanol–water partition coefficient (Wildman–Crippen LogP) is 4.84. The summed E-state index contributed by atoms with van der Waals surface area (Å²) >= 11 is 5.86. The minimum atomic E-state index is -4.32. The van der Waals surface area contributed by atoms with Crippen molar-refractivity contribution in [2.24, 2.45) is 5.73 Å². The van der Waals surface area contributed by atoms with Crippen LogP contribution in [0.1, 0.15) is 29.0 Å². The number of hydrogen-bond acceptors (Lipinski definition) is 1. The zero-order valence-corrected chi connectivity index (χ0v) is 12.0. The molecule has 0 aliphatic heterocycles. The third-order valence-corrected chi connectivity index (χ3v) is 3.62. The van der Waals surface area contributed by atoms with Gasteiger partial charge in [-0.1, -0.05) is 35.9 Å². The molecular formula is C16H15ClF3N. The van der Waals surface area contributed by atoms with Gasteiger partial charge in [0.25, 0.3) is 0 Å². The highest BCUT2D eigenvalue weighted by Crippen LogP contribution is 2.33. The highest BCUT2D eigenvalue weighted by atomic mass is 35.5. The Labute approximate surface area is 126 Å². The normalized spacial score (nSPS) is 13.2. The Bertz CT molecular complexity index is 576. The van der Waals surface area contributed by atoms with Crippen molar-refractivity contribution in [3.05, 3.63) is 70.2 Å². The van der Waals surface area contributed by atoms with Gasteiger partial charge in [0.05, 0.1) is 5.56 Å². The zero-order valence-electron chi connectivity index (χ0n) is 11.2. The number of rotatable bonds is 4. The smallest absolute Gasteiger partial charge is 0.330 e. The fraction of sp³-hybridized carbons (Fsp3) is 0.250. The van der Waals surface area contributed by atoms with Gasteiger partial charge in [-0.2, -0.15) is 13.2 Å². The van der Waals surface area contributed by atoms with E-state index >= 15 is 0 Å². The van der Waals surface area contributed by atoms with Crippen LogP contribution in [-0.4, -0.2) is 6.54 Å². The summed E-state index contributed by atoms with van der Waals surface area (Å²) in [5, 5.41) is 0.623. The van der Waals surface area contributed by atoms with Crippen LogP contribution in [0.15, 0.2) is 48.5 Å². The van der Waals surface area contributed by atoms with Gasteiger partial charge in [-0.05, 0) is 48.4 Å². The summed E-state index contributed by atoms with van der Waals surface area (Å²) in [6, 6.07) is 12.5. The number of hydrogen-bond donors (Lipinski definition) is 1. The van der Waals surface area contributed by atoms with Crippen LogP contribution >= 0.6 is 11.6 Å². The summed E-state index contributed by atoms with van der Waals surface area (Å²) in [6.07, 6.45) is -3.66. The van der Waals surface area contributed by atoms with Crippen molar-refractivity contribution in [2.45, 2.75) is 18.5 Å². The molecule has 2 N–H and O–H groups in total. The number of benzene rings is 2. The Morgan fingerprint density at radius 2 is 1.38 bits per heavy atom. The SMILES string of the molecule is NCCC(c1ccc(Cl)cc1)c1ccc(C(F)(F)F)cc1. The van der Waals surface area contributed by atoms with Crippen molar-refractivity contribution in [1.29, 1.82) is 0 Å². The average molecular weight is 314 g/mol. The summed E-state index contributed by atoms with van der Waals surface area (Å²) < 4.78 is 37.8. The van der Waals surface area contributed by atoms with Crippen molar-refractivity contribution in [3.8, 4) is 0 Å². The maximum Gasteiger partial charge on any atom is 0.416 e. The molecule has 0 aliphatic carbocycles. The summed E-state index contributed by atoms with van der Waals surface area (Å²) in [5.41, 5.74) is 6.79. The lowest BCUT2D eigenvalue weighted by molar-refractivity contribution is -0.137. The Kier molecular flexibility index (Phi) is 4.91. The molecule has 0 bridgehead atoms. The Morgan fingerprint density at radius 1 is 0.905 bits per heavy atom. The van der Waals surface area contributed by atoms with Crippen LogP contribution in [0.2, 0.25) is 5.02 Å². The van der Waals surface area contributed by atoms with Crippen molar-refractivity contribution in [1.82, 2.24) is 0 Å². The largest absolute Gasteiger partial charge is 0.416 e. The maximum atomic E-state index is 12.6. The summed E-state index contributed by atoms with van der Waals surface area (Å²) in [5.74, 6) is -0.0328. The van der Waals surface area contributed by atoms with E-state index < -0.39 is 11.7 Å². The Balaban J connectivity index is 2.32. The van der Waals surface area contributed by atoms with Crippen LogP contribution in [0.3, 0.4) is 0 Å². The highest BCUT2D eigenvalue weighted by Gasteiger charge is 2.30. The van der Waals surface area contributed by atoms with E-state index in [2.05, 4.69) is 0 Å². The monoisotopic (exact) mass is 313 g/mol. The molecule has 0 radical (unpaired) electrons. The van der Waals surface area contributed by atoms with E-state index in [0.717, 1.165) is 23.3 Å². The third-order valence-electron chi connectivity index (χ3n) is 3.37. The topological polar surface area (TPSA) is 26.0 Å². The average Bonchev–Trinajstić information content (AvgIpc) is 2.45. The second kappa shape index (κ2) is 6.50. The van der Waals surface area contributed by atoms with Crippen LogP contribution in [0.25, 0.3) is 0 Å². The van der Waals surface area contributed by atoms with Crippen LogP contribution < -0.4 is 5.73 Å². The van der Waals surface area contributed by atoms with Crippen molar-refractivity contribution in [2.75, 3.05) is 6.54 Å². The lowest BCUT2D eigenvalue weighted by Gasteiger charge is -2.18. The number of alkyl halides is 3. The fourth-order valence-corrected chi connectivity index (χ4v) is 2.42. The molecule has 112 valence electrons. The van der Waals surface area contributed by atoms with Crippen LogP contribution in [0.4, 0.5) is 13.2 Å². The molecule has 0 aromatic heterocycles. The molecule has 5 heteroatoms. The first-order valence-corrected chi connectivity index (χ1v) is 6.92. The molecule has 0 spiro atoms. The zero-order chi connectivity index (χ0) is 15.5. The minimum Gasteiger partial charge on any atom is -0.330 e. The maximum absolute atomic E-state index is 12.6. The molecule has 21 heavy (non-hydrogen) atoms. The first-order chi connectivity index (χ1) is 9.91. The molecule has 2 aromatic rings. The van der Waals surface area contributed by atoms with Gasteiger partial charge in [0.15, 0.2) is 0 Å². The van der Waals surface area contributed by atoms with Crippen molar-refractivity contribution >= 4 is 11.6 Å². The van der Waals surface area contributed by atoms with Gasteiger partial charge in [-0.15, -0.1) is 0 Å². The Morgan fingerprint density at radius 3 is 1.81 bits per heavy atom. The second-order valence-corrected chi connectivity index (χ2v) is 5.24. The molecule has 0 fully saturated rings. The van der Waals surface area contributed by atoms with Crippen LogP contribution in [0.5, 0.6) is 0 Å². The molecule has 2 rings (SSSR count). The van der Waals surface area contributed by atoms with E-state index in [0.29, 0.717) is 18.0 Å². The van der Waals surface area contributed by atoms with Gasteiger partial charge in [-0.3, -0.25) is 0 Å². The standard InChI is InChI=1S/C16H15ClF3N/c17-14-7-3-12(4-8-14)15(9-10-21)11-1-5-13(6-2-11)16(18,19)20/h1-8,15H,9-10,21H2. The summed E-state index contributed by atoms with van der Waals surface area (Å²) in [4.78, 5) is 0. The van der Waals surface area contributed by atoms with E-state index in [1.807, 2.05) is 12.1 Å². The van der Waals surface area contributed by atoms with Gasteiger partial charge < -0.3 is 5.73 Å². The fourth-order valence-electron chi connectivity index (χ4n) is 2.29. The third kappa shape index (κ3) is 3.99. The molecule has 0 amide bonds. The summed E-state index contributed by atoms with van der Waals surface area (Å²) in [7, 11) is 0. The van der Waals surface area contributed by atoms with E-state index in [1.54, 1.807) is 12.1 Å². The predicted molar refractivity (Wildman–Crippen MR) is 78.4 cm³/mol. The molecule has 0 saturated heterocycles.